The number of Topliss-reactive ketones (excluding diaryl/α,β-unsaturated/α-hetero) is 1. The quantitative estimate of drug-likeness (QED) is 0.708. The first kappa shape index (κ1) is 11.3. The number of ketones is 1. The fraction of sp³-hybridized carbons (Fsp3) is 0.571. The fourth-order valence-corrected chi connectivity index (χ4v) is 2.45. The molecule has 16 heavy (non-hydrogen) atoms. The van der Waals surface area contributed by atoms with Crippen molar-refractivity contribution >= 4 is 5.78 Å². The van der Waals surface area contributed by atoms with Crippen LogP contribution in [0.3, 0.4) is 0 Å². The van der Waals surface area contributed by atoms with Gasteiger partial charge >= 0.3 is 0 Å². The Morgan fingerprint density at radius 1 is 1.50 bits per heavy atom. The summed E-state index contributed by atoms with van der Waals surface area (Å²) < 4.78 is 0. The van der Waals surface area contributed by atoms with Crippen LogP contribution < -0.4 is 0 Å². The molecule has 2 heteroatoms. The SMILES string of the molecule is CCCCCC(=O)C1CCc2cccnc21. The third kappa shape index (κ3) is 2.31. The highest BCUT2D eigenvalue weighted by molar-refractivity contribution is 5.86. The Labute approximate surface area is 97.1 Å². The number of carbonyl (C=O) groups is 1. The van der Waals surface area contributed by atoms with E-state index in [1.165, 1.54) is 12.0 Å². The standard InChI is InChI=1S/C14H19NO/c1-2-3-4-7-13(16)12-9-8-11-6-5-10-15-14(11)12/h5-6,10,12H,2-4,7-9H2,1H3. The molecule has 0 aromatic carbocycles. The number of rotatable bonds is 5. The van der Waals surface area contributed by atoms with E-state index in [9.17, 15) is 4.79 Å². The fourth-order valence-electron chi connectivity index (χ4n) is 2.45. The summed E-state index contributed by atoms with van der Waals surface area (Å²) in [6, 6.07) is 4.06. The van der Waals surface area contributed by atoms with Crippen LogP contribution in [0.5, 0.6) is 0 Å². The molecule has 0 spiro atoms. The number of hydrogen-bond donors (Lipinski definition) is 0. The smallest absolute Gasteiger partial charge is 0.141 e. The molecule has 0 radical (unpaired) electrons. The zero-order chi connectivity index (χ0) is 11.4. The van der Waals surface area contributed by atoms with Crippen molar-refractivity contribution in [3.63, 3.8) is 0 Å². The van der Waals surface area contributed by atoms with Gasteiger partial charge in [-0.15, -0.1) is 0 Å². The van der Waals surface area contributed by atoms with Gasteiger partial charge in [-0.1, -0.05) is 25.8 Å². The Balaban J connectivity index is 1.99. The maximum atomic E-state index is 12.0. The van der Waals surface area contributed by atoms with Gasteiger partial charge in [0, 0.05) is 12.6 Å². The predicted octanol–water partition coefficient (Wildman–Crippen LogP) is 3.26. The Morgan fingerprint density at radius 2 is 2.38 bits per heavy atom. The van der Waals surface area contributed by atoms with E-state index in [-0.39, 0.29) is 5.92 Å². The molecule has 2 nitrogen and oxygen atoms in total. The lowest BCUT2D eigenvalue weighted by molar-refractivity contribution is -0.120. The van der Waals surface area contributed by atoms with Gasteiger partial charge in [-0.05, 0) is 30.9 Å². The van der Waals surface area contributed by atoms with Gasteiger partial charge in [0.2, 0.25) is 0 Å². The van der Waals surface area contributed by atoms with Crippen LogP contribution in [0.2, 0.25) is 0 Å². The molecular weight excluding hydrogens is 198 g/mol. The molecule has 0 fully saturated rings. The number of aromatic nitrogens is 1. The Hall–Kier alpha value is -1.18. The number of hydrogen-bond acceptors (Lipinski definition) is 2. The van der Waals surface area contributed by atoms with E-state index < -0.39 is 0 Å². The molecule has 1 aliphatic rings. The van der Waals surface area contributed by atoms with Crippen molar-refractivity contribution in [1.29, 1.82) is 0 Å². The van der Waals surface area contributed by atoms with Crippen molar-refractivity contribution in [1.82, 2.24) is 4.98 Å². The largest absolute Gasteiger partial charge is 0.299 e. The molecule has 2 rings (SSSR count). The normalized spacial score (nSPS) is 18.4. The van der Waals surface area contributed by atoms with Crippen molar-refractivity contribution in [3.8, 4) is 0 Å². The molecular formula is C14H19NO. The first-order valence-electron chi connectivity index (χ1n) is 6.29. The molecule has 1 atom stereocenters. The first-order chi connectivity index (χ1) is 7.83. The number of unbranched alkanes of at least 4 members (excludes halogenated alkanes) is 2. The summed E-state index contributed by atoms with van der Waals surface area (Å²) in [5.74, 6) is 0.485. The van der Waals surface area contributed by atoms with E-state index in [4.69, 9.17) is 0 Å². The van der Waals surface area contributed by atoms with Crippen LogP contribution in [0.1, 0.15) is 56.2 Å². The maximum Gasteiger partial charge on any atom is 0.141 e. The molecule has 1 heterocycles. The van der Waals surface area contributed by atoms with Crippen molar-refractivity contribution in [2.45, 2.75) is 51.4 Å². The van der Waals surface area contributed by atoms with E-state index in [0.29, 0.717) is 5.78 Å². The minimum atomic E-state index is 0.0908. The van der Waals surface area contributed by atoms with E-state index in [0.717, 1.165) is 37.8 Å². The van der Waals surface area contributed by atoms with Crippen molar-refractivity contribution in [3.05, 3.63) is 29.6 Å². The van der Waals surface area contributed by atoms with Gasteiger partial charge in [0.15, 0.2) is 0 Å². The third-order valence-electron chi connectivity index (χ3n) is 3.37. The number of fused-ring (bicyclic) bond motifs is 1. The lowest BCUT2D eigenvalue weighted by atomic mass is 9.97. The van der Waals surface area contributed by atoms with Crippen LogP contribution in [0, 0.1) is 0 Å². The second-order valence-corrected chi connectivity index (χ2v) is 4.56. The molecule has 1 unspecified atom stereocenters. The number of carbonyl (C=O) groups excluding carboxylic acids is 1. The lowest BCUT2D eigenvalue weighted by Gasteiger charge is -2.08. The molecule has 1 aliphatic carbocycles. The Bertz CT molecular complexity index is 373. The van der Waals surface area contributed by atoms with Gasteiger partial charge in [-0.25, -0.2) is 0 Å². The zero-order valence-electron chi connectivity index (χ0n) is 9.91. The summed E-state index contributed by atoms with van der Waals surface area (Å²) >= 11 is 0. The van der Waals surface area contributed by atoms with Gasteiger partial charge in [-0.3, -0.25) is 9.78 Å². The van der Waals surface area contributed by atoms with E-state index >= 15 is 0 Å². The minimum Gasteiger partial charge on any atom is -0.299 e. The van der Waals surface area contributed by atoms with E-state index in [2.05, 4.69) is 18.0 Å². The summed E-state index contributed by atoms with van der Waals surface area (Å²) in [6.07, 6.45) is 7.89. The zero-order valence-corrected chi connectivity index (χ0v) is 9.91. The van der Waals surface area contributed by atoms with Crippen molar-refractivity contribution < 1.29 is 4.79 Å². The van der Waals surface area contributed by atoms with Gasteiger partial charge in [0.25, 0.3) is 0 Å². The lowest BCUT2D eigenvalue weighted by Crippen LogP contribution is -2.10. The van der Waals surface area contributed by atoms with Crippen LogP contribution in [0.15, 0.2) is 18.3 Å². The van der Waals surface area contributed by atoms with Crippen LogP contribution in [0.4, 0.5) is 0 Å². The summed E-state index contributed by atoms with van der Waals surface area (Å²) in [5, 5.41) is 0. The summed E-state index contributed by atoms with van der Waals surface area (Å²) in [4.78, 5) is 16.4. The third-order valence-corrected chi connectivity index (χ3v) is 3.37. The Morgan fingerprint density at radius 3 is 3.19 bits per heavy atom. The molecule has 1 aromatic heterocycles. The number of nitrogens with zero attached hydrogens (tertiary/aromatic N) is 1. The Kier molecular flexibility index (Phi) is 3.70. The van der Waals surface area contributed by atoms with Gasteiger partial charge in [0.05, 0.1) is 11.6 Å². The van der Waals surface area contributed by atoms with Crippen molar-refractivity contribution in [2.24, 2.45) is 0 Å². The average molecular weight is 217 g/mol. The minimum absolute atomic E-state index is 0.0908. The molecule has 0 aliphatic heterocycles. The summed E-state index contributed by atoms with van der Waals surface area (Å²) in [7, 11) is 0. The maximum absolute atomic E-state index is 12.0. The van der Waals surface area contributed by atoms with Crippen LogP contribution >= 0.6 is 0 Å². The van der Waals surface area contributed by atoms with E-state index in [1.54, 1.807) is 6.20 Å². The highest BCUT2D eigenvalue weighted by atomic mass is 16.1. The molecule has 1 aromatic rings. The second kappa shape index (κ2) is 5.24. The highest BCUT2D eigenvalue weighted by Gasteiger charge is 2.28. The molecule has 0 amide bonds. The predicted molar refractivity (Wildman–Crippen MR) is 64.4 cm³/mol. The first-order valence-corrected chi connectivity index (χ1v) is 6.29. The molecule has 0 N–H and O–H groups in total. The van der Waals surface area contributed by atoms with E-state index in [1.807, 2.05) is 6.07 Å². The molecule has 86 valence electrons. The summed E-state index contributed by atoms with van der Waals surface area (Å²) in [6.45, 7) is 2.16. The second-order valence-electron chi connectivity index (χ2n) is 4.56. The molecule has 0 saturated heterocycles. The van der Waals surface area contributed by atoms with Crippen LogP contribution in [0.25, 0.3) is 0 Å². The number of pyridine rings is 1. The number of aryl methyl sites for hydroxylation is 1. The monoisotopic (exact) mass is 217 g/mol. The summed E-state index contributed by atoms with van der Waals surface area (Å²) in [5.41, 5.74) is 2.32. The van der Waals surface area contributed by atoms with Gasteiger partial charge < -0.3 is 0 Å². The van der Waals surface area contributed by atoms with Crippen LogP contribution in [-0.2, 0) is 11.2 Å². The van der Waals surface area contributed by atoms with Gasteiger partial charge in [-0.2, -0.15) is 0 Å². The molecule has 0 bridgehead atoms. The highest BCUT2D eigenvalue weighted by Crippen LogP contribution is 2.32. The van der Waals surface area contributed by atoms with Gasteiger partial charge in [0.1, 0.15) is 5.78 Å². The average Bonchev–Trinajstić information content (AvgIpc) is 2.73. The van der Waals surface area contributed by atoms with Crippen molar-refractivity contribution in [2.75, 3.05) is 0 Å². The molecule has 0 saturated carbocycles. The topological polar surface area (TPSA) is 30.0 Å². The van der Waals surface area contributed by atoms with Crippen LogP contribution in [-0.4, -0.2) is 10.8 Å².